The lowest BCUT2D eigenvalue weighted by molar-refractivity contribution is 0.310. The highest BCUT2D eigenvalue weighted by atomic mass is 32.2. The topological polar surface area (TPSA) is 108 Å². The molecule has 3 heterocycles. The molecule has 4 rings (SSSR count). The van der Waals surface area contributed by atoms with Gasteiger partial charge in [0.25, 0.3) is 0 Å². The zero-order valence-corrected chi connectivity index (χ0v) is 21.3. The van der Waals surface area contributed by atoms with Crippen LogP contribution in [0.25, 0.3) is 11.3 Å². The number of likely N-dealkylation sites (N-methyl/N-ethyl adjacent to an activating group) is 1. The van der Waals surface area contributed by atoms with E-state index in [-0.39, 0.29) is 4.90 Å². The predicted octanol–water partition coefficient (Wildman–Crippen LogP) is 2.04. The summed E-state index contributed by atoms with van der Waals surface area (Å²) < 4.78 is 26.2. The van der Waals surface area contributed by atoms with E-state index < -0.39 is 10.0 Å². The Labute approximate surface area is 204 Å². The lowest BCUT2D eigenvalue weighted by Crippen LogP contribution is -2.45. The molecular formula is C22H28N8O2S2. The van der Waals surface area contributed by atoms with Crippen LogP contribution in [0.2, 0.25) is 0 Å². The molecule has 1 aromatic carbocycles. The number of hydrogen-bond acceptors (Lipinski definition) is 10. The number of aryl methyl sites for hydroxylation is 1. The zero-order valence-electron chi connectivity index (χ0n) is 19.7. The van der Waals surface area contributed by atoms with Gasteiger partial charge in [-0.15, -0.1) is 0 Å². The van der Waals surface area contributed by atoms with Crippen molar-refractivity contribution >= 4 is 27.7 Å². The number of benzene rings is 1. The van der Waals surface area contributed by atoms with Gasteiger partial charge in [-0.3, -0.25) is 0 Å². The average molecular weight is 501 g/mol. The molecular weight excluding hydrogens is 472 g/mol. The van der Waals surface area contributed by atoms with E-state index in [1.165, 1.54) is 30.2 Å². The second kappa shape index (κ2) is 10.3. The van der Waals surface area contributed by atoms with E-state index in [1.54, 1.807) is 30.5 Å². The van der Waals surface area contributed by atoms with Crippen molar-refractivity contribution in [1.29, 1.82) is 0 Å². The van der Waals surface area contributed by atoms with Crippen molar-refractivity contribution in [3.05, 3.63) is 42.4 Å². The minimum absolute atomic E-state index is 0.213. The largest absolute Gasteiger partial charge is 0.338 e. The molecule has 0 aliphatic carbocycles. The Morgan fingerprint density at radius 2 is 1.76 bits per heavy atom. The Kier molecular flexibility index (Phi) is 7.41. The number of nitrogens with zero attached hydrogens (tertiary/aromatic N) is 8. The van der Waals surface area contributed by atoms with Gasteiger partial charge in [0.15, 0.2) is 5.16 Å². The summed E-state index contributed by atoms with van der Waals surface area (Å²) >= 11 is 1.27. The van der Waals surface area contributed by atoms with E-state index in [9.17, 15) is 8.42 Å². The first-order valence-corrected chi connectivity index (χ1v) is 13.2. The van der Waals surface area contributed by atoms with Crippen LogP contribution in [0.4, 0.5) is 5.95 Å². The third kappa shape index (κ3) is 5.52. The highest BCUT2D eigenvalue weighted by Crippen LogP contribution is 2.27. The van der Waals surface area contributed by atoms with Crippen molar-refractivity contribution in [1.82, 2.24) is 34.1 Å². The van der Waals surface area contributed by atoms with Gasteiger partial charge in [0.05, 0.1) is 10.6 Å². The molecule has 0 unspecified atom stereocenters. The number of piperazine rings is 1. The van der Waals surface area contributed by atoms with Gasteiger partial charge in [0.2, 0.25) is 21.1 Å². The molecule has 0 radical (unpaired) electrons. The lowest BCUT2D eigenvalue weighted by atomic mass is 10.1. The quantitative estimate of drug-likeness (QED) is 0.447. The molecule has 1 saturated heterocycles. The molecule has 0 bridgehead atoms. The molecule has 0 spiro atoms. The van der Waals surface area contributed by atoms with Crippen molar-refractivity contribution in [3.8, 4) is 11.3 Å². The van der Waals surface area contributed by atoms with Crippen LogP contribution < -0.4 is 4.90 Å². The molecule has 3 aromatic rings. The van der Waals surface area contributed by atoms with Crippen molar-refractivity contribution in [3.63, 3.8) is 0 Å². The molecule has 0 atom stereocenters. The number of anilines is 1. The molecule has 1 fully saturated rings. The molecule has 2 aromatic heterocycles. The van der Waals surface area contributed by atoms with Gasteiger partial charge in [-0.05, 0) is 37.0 Å². The van der Waals surface area contributed by atoms with E-state index in [0.29, 0.717) is 33.9 Å². The van der Waals surface area contributed by atoms with Gasteiger partial charge in [-0.2, -0.15) is 9.97 Å². The molecule has 180 valence electrons. The first kappa shape index (κ1) is 24.5. The van der Waals surface area contributed by atoms with Crippen LogP contribution in [-0.4, -0.2) is 89.9 Å². The average Bonchev–Trinajstić information content (AvgIpc) is 2.84. The van der Waals surface area contributed by atoms with E-state index in [4.69, 9.17) is 0 Å². The van der Waals surface area contributed by atoms with Crippen LogP contribution in [0.1, 0.15) is 12.7 Å². The fourth-order valence-electron chi connectivity index (χ4n) is 3.40. The third-order valence-electron chi connectivity index (χ3n) is 5.48. The van der Waals surface area contributed by atoms with Gasteiger partial charge >= 0.3 is 0 Å². The molecule has 34 heavy (non-hydrogen) atoms. The van der Waals surface area contributed by atoms with E-state index in [1.807, 2.05) is 13.0 Å². The van der Waals surface area contributed by atoms with E-state index >= 15 is 0 Å². The van der Waals surface area contributed by atoms with E-state index in [2.05, 4.69) is 41.8 Å². The maximum Gasteiger partial charge on any atom is 0.242 e. The van der Waals surface area contributed by atoms with Crippen LogP contribution >= 0.6 is 11.8 Å². The van der Waals surface area contributed by atoms with E-state index in [0.717, 1.165) is 32.0 Å². The number of aromatic nitrogens is 5. The predicted molar refractivity (Wildman–Crippen MR) is 131 cm³/mol. The maximum absolute atomic E-state index is 12.5. The molecule has 12 heteroatoms. The minimum Gasteiger partial charge on any atom is -0.338 e. The normalized spacial score (nSPS) is 15.1. The summed E-state index contributed by atoms with van der Waals surface area (Å²) in [5, 5.41) is 1.03. The zero-order chi connectivity index (χ0) is 24.3. The van der Waals surface area contributed by atoms with Crippen molar-refractivity contribution < 1.29 is 8.42 Å². The number of rotatable bonds is 7. The van der Waals surface area contributed by atoms with Gasteiger partial charge in [-0.25, -0.2) is 27.7 Å². The highest BCUT2D eigenvalue weighted by molar-refractivity contribution is 7.99. The Balaban J connectivity index is 1.60. The van der Waals surface area contributed by atoms with Gasteiger partial charge in [0.1, 0.15) is 5.82 Å². The first-order valence-electron chi connectivity index (χ1n) is 11.0. The van der Waals surface area contributed by atoms with Gasteiger partial charge in [0, 0.05) is 58.5 Å². The van der Waals surface area contributed by atoms with Gasteiger partial charge < -0.3 is 9.80 Å². The van der Waals surface area contributed by atoms with Crippen LogP contribution in [0, 0.1) is 0 Å². The standard InChI is InChI=1S/C22H28N8O2S2/c1-5-19-25-20(30-13-11-29(4)12-14-30)27-22(26-19)33-21-23-10-9-18(24-21)16-7-6-8-17(15-16)34(31,32)28(2)3/h6-10,15H,5,11-14H2,1-4H3. The summed E-state index contributed by atoms with van der Waals surface area (Å²) in [6.45, 7) is 5.67. The molecule has 0 amide bonds. The summed E-state index contributed by atoms with van der Waals surface area (Å²) in [6, 6.07) is 8.49. The summed E-state index contributed by atoms with van der Waals surface area (Å²) in [6.07, 6.45) is 2.35. The first-order chi connectivity index (χ1) is 16.3. The van der Waals surface area contributed by atoms with Crippen LogP contribution in [0.5, 0.6) is 0 Å². The smallest absolute Gasteiger partial charge is 0.242 e. The van der Waals surface area contributed by atoms with Crippen LogP contribution in [0.15, 0.2) is 51.7 Å². The minimum atomic E-state index is -3.54. The summed E-state index contributed by atoms with van der Waals surface area (Å²) in [5.74, 6) is 1.41. The monoisotopic (exact) mass is 500 g/mol. The second-order valence-electron chi connectivity index (χ2n) is 8.12. The fraction of sp³-hybridized carbons (Fsp3) is 0.409. The Morgan fingerprint density at radius 3 is 2.47 bits per heavy atom. The van der Waals surface area contributed by atoms with Gasteiger partial charge in [-0.1, -0.05) is 19.1 Å². The Bertz CT molecular complexity index is 1260. The Hall–Kier alpha value is -2.67. The van der Waals surface area contributed by atoms with Crippen LogP contribution in [-0.2, 0) is 16.4 Å². The molecule has 0 N–H and O–H groups in total. The molecule has 10 nitrogen and oxygen atoms in total. The maximum atomic E-state index is 12.5. The second-order valence-corrected chi connectivity index (χ2v) is 11.2. The summed E-state index contributed by atoms with van der Waals surface area (Å²) in [4.78, 5) is 27.5. The molecule has 0 saturated carbocycles. The van der Waals surface area contributed by atoms with Crippen molar-refractivity contribution in [2.75, 3.05) is 52.2 Å². The lowest BCUT2D eigenvalue weighted by Gasteiger charge is -2.32. The van der Waals surface area contributed by atoms with Crippen LogP contribution in [0.3, 0.4) is 0 Å². The highest BCUT2D eigenvalue weighted by Gasteiger charge is 2.20. The Morgan fingerprint density at radius 1 is 1.00 bits per heavy atom. The van der Waals surface area contributed by atoms with Crippen molar-refractivity contribution in [2.45, 2.75) is 28.6 Å². The summed E-state index contributed by atoms with van der Waals surface area (Å²) in [5.41, 5.74) is 1.31. The van der Waals surface area contributed by atoms with Crippen molar-refractivity contribution in [2.24, 2.45) is 0 Å². The molecule has 1 aliphatic rings. The SMILES string of the molecule is CCc1nc(Sc2nccc(-c3cccc(S(=O)(=O)N(C)C)c3)n2)nc(N2CCN(C)CC2)n1. The number of sulfonamides is 1. The fourth-order valence-corrected chi connectivity index (χ4v) is 5.04. The number of hydrogen-bond donors (Lipinski definition) is 0. The molecule has 1 aliphatic heterocycles. The third-order valence-corrected chi connectivity index (χ3v) is 8.03. The summed E-state index contributed by atoms with van der Waals surface area (Å²) in [7, 11) is 1.59.